The average Bonchev–Trinajstić information content (AvgIpc) is 2.60. The number of rotatable bonds is 6. The standard InChI is InChI=1S/C17H12F3IO7S/c18-17(19,20)14(9-29(24,25)26)28-16(23)12-7-6-11(21)8-13(12)27-15(22)10-4-2-1-3-5-10/h1-8,14H,9H2,(H,24,25,26). The summed E-state index contributed by atoms with van der Waals surface area (Å²) in [6.45, 7) is 0. The highest BCUT2D eigenvalue weighted by atomic mass is 127. The number of ether oxygens (including phenoxy) is 2. The molecule has 0 aromatic heterocycles. The molecular formula is C17H12F3IO7S. The van der Waals surface area contributed by atoms with Crippen LogP contribution in [0.1, 0.15) is 20.7 Å². The summed E-state index contributed by atoms with van der Waals surface area (Å²) in [6, 6.07) is 11.3. The monoisotopic (exact) mass is 544 g/mol. The van der Waals surface area contributed by atoms with Gasteiger partial charge in [-0.05, 0) is 52.9 Å². The Morgan fingerprint density at radius 2 is 1.69 bits per heavy atom. The first kappa shape index (κ1) is 23.1. The number of hydrogen-bond donors (Lipinski definition) is 1. The molecule has 2 rings (SSSR count). The van der Waals surface area contributed by atoms with Gasteiger partial charge in [-0.2, -0.15) is 21.6 Å². The minimum absolute atomic E-state index is 0.130. The maximum atomic E-state index is 13.0. The molecular weight excluding hydrogens is 532 g/mol. The second-order valence-electron chi connectivity index (χ2n) is 5.58. The Morgan fingerprint density at radius 3 is 2.24 bits per heavy atom. The van der Waals surface area contributed by atoms with Gasteiger partial charge in [0.25, 0.3) is 10.1 Å². The van der Waals surface area contributed by atoms with Crippen molar-refractivity contribution < 1.29 is 45.2 Å². The lowest BCUT2D eigenvalue weighted by molar-refractivity contribution is -0.197. The molecule has 0 aliphatic rings. The zero-order valence-corrected chi connectivity index (χ0v) is 17.2. The van der Waals surface area contributed by atoms with E-state index in [0.717, 1.165) is 6.07 Å². The van der Waals surface area contributed by atoms with Crippen LogP contribution >= 0.6 is 22.6 Å². The van der Waals surface area contributed by atoms with Crippen LogP contribution in [0.3, 0.4) is 0 Å². The molecule has 0 aliphatic heterocycles. The zero-order chi connectivity index (χ0) is 21.8. The fraction of sp³-hybridized carbons (Fsp3) is 0.176. The van der Waals surface area contributed by atoms with Crippen molar-refractivity contribution in [3.8, 4) is 5.75 Å². The second kappa shape index (κ2) is 9.09. The minimum atomic E-state index is -5.25. The largest absolute Gasteiger partial charge is 0.448 e. The molecule has 12 heteroatoms. The van der Waals surface area contributed by atoms with Gasteiger partial charge in [0.15, 0.2) is 0 Å². The molecule has 0 bridgehead atoms. The van der Waals surface area contributed by atoms with E-state index in [1.807, 2.05) is 22.6 Å². The maximum absolute atomic E-state index is 13.0. The number of carbonyl (C=O) groups is 2. The third kappa shape index (κ3) is 6.97. The molecule has 0 heterocycles. The molecule has 7 nitrogen and oxygen atoms in total. The molecule has 29 heavy (non-hydrogen) atoms. The third-order valence-electron chi connectivity index (χ3n) is 3.35. The predicted octanol–water partition coefficient (Wildman–Crippen LogP) is 3.49. The van der Waals surface area contributed by atoms with E-state index in [2.05, 4.69) is 4.74 Å². The van der Waals surface area contributed by atoms with Crippen molar-refractivity contribution in [2.24, 2.45) is 0 Å². The molecule has 0 aliphatic carbocycles. The summed E-state index contributed by atoms with van der Waals surface area (Å²) in [5, 5.41) is 0. The van der Waals surface area contributed by atoms with Crippen molar-refractivity contribution in [1.29, 1.82) is 0 Å². The summed E-state index contributed by atoms with van der Waals surface area (Å²) in [5.74, 6) is -4.69. The molecule has 1 N–H and O–H groups in total. The van der Waals surface area contributed by atoms with Crippen LogP contribution in [0.2, 0.25) is 0 Å². The van der Waals surface area contributed by atoms with Gasteiger partial charge in [0.1, 0.15) is 17.1 Å². The Morgan fingerprint density at radius 1 is 1.07 bits per heavy atom. The summed E-state index contributed by atoms with van der Waals surface area (Å²) in [4.78, 5) is 24.4. The first-order valence-corrected chi connectivity index (χ1v) is 10.4. The van der Waals surface area contributed by atoms with Crippen LogP contribution in [-0.4, -0.2) is 42.9 Å². The second-order valence-corrected chi connectivity index (χ2v) is 8.32. The van der Waals surface area contributed by atoms with Crippen LogP contribution in [0.25, 0.3) is 0 Å². The highest BCUT2D eigenvalue weighted by Gasteiger charge is 2.45. The van der Waals surface area contributed by atoms with Gasteiger partial charge in [0, 0.05) is 3.57 Å². The Bertz CT molecular complexity index is 1010. The topological polar surface area (TPSA) is 107 Å². The third-order valence-corrected chi connectivity index (χ3v) is 4.75. The highest BCUT2D eigenvalue weighted by Crippen LogP contribution is 2.28. The lowest BCUT2D eigenvalue weighted by Crippen LogP contribution is -2.39. The van der Waals surface area contributed by atoms with Gasteiger partial charge < -0.3 is 9.47 Å². The quantitative estimate of drug-likeness (QED) is 0.257. The number of halogens is 4. The van der Waals surface area contributed by atoms with Crippen LogP contribution in [0.15, 0.2) is 48.5 Å². The number of hydrogen-bond acceptors (Lipinski definition) is 6. The molecule has 0 spiro atoms. The highest BCUT2D eigenvalue weighted by molar-refractivity contribution is 14.1. The van der Waals surface area contributed by atoms with E-state index in [9.17, 15) is 31.2 Å². The molecule has 2 aromatic rings. The van der Waals surface area contributed by atoms with Crippen LogP contribution in [-0.2, 0) is 14.9 Å². The van der Waals surface area contributed by atoms with E-state index >= 15 is 0 Å². The lowest BCUT2D eigenvalue weighted by atomic mass is 10.2. The Kier molecular flexibility index (Phi) is 7.24. The molecule has 1 atom stereocenters. The molecule has 0 fully saturated rings. The molecule has 2 aromatic carbocycles. The van der Waals surface area contributed by atoms with E-state index in [-0.39, 0.29) is 11.3 Å². The first-order valence-electron chi connectivity index (χ1n) is 7.66. The van der Waals surface area contributed by atoms with Gasteiger partial charge >= 0.3 is 18.1 Å². The average molecular weight is 544 g/mol. The summed E-state index contributed by atoms with van der Waals surface area (Å²) in [7, 11) is -5.09. The number of carbonyl (C=O) groups excluding carboxylic acids is 2. The number of alkyl halides is 3. The van der Waals surface area contributed by atoms with Crippen molar-refractivity contribution in [3.05, 3.63) is 63.2 Å². The summed E-state index contributed by atoms with van der Waals surface area (Å²) in [6.07, 6.45) is -8.36. The predicted molar refractivity (Wildman–Crippen MR) is 102 cm³/mol. The molecule has 0 amide bonds. The van der Waals surface area contributed by atoms with Crippen LogP contribution in [0, 0.1) is 3.57 Å². The van der Waals surface area contributed by atoms with E-state index < -0.39 is 45.7 Å². The summed E-state index contributed by atoms with van der Waals surface area (Å²) >= 11 is 1.83. The van der Waals surface area contributed by atoms with E-state index in [1.165, 1.54) is 24.3 Å². The van der Waals surface area contributed by atoms with Crippen LogP contribution in [0.5, 0.6) is 5.75 Å². The SMILES string of the molecule is O=C(Oc1cc(I)ccc1C(=O)OC(CS(=O)(=O)O)C(F)(F)F)c1ccccc1. The number of benzene rings is 2. The van der Waals surface area contributed by atoms with Crippen molar-refractivity contribution in [3.63, 3.8) is 0 Å². The Balaban J connectivity index is 2.31. The van der Waals surface area contributed by atoms with Crippen LogP contribution < -0.4 is 4.74 Å². The fourth-order valence-corrected chi connectivity index (χ4v) is 3.16. The van der Waals surface area contributed by atoms with Crippen molar-refractivity contribution in [1.82, 2.24) is 0 Å². The maximum Gasteiger partial charge on any atom is 0.426 e. The summed E-state index contributed by atoms with van der Waals surface area (Å²) in [5.41, 5.74) is -0.399. The van der Waals surface area contributed by atoms with Gasteiger partial charge in [0.2, 0.25) is 6.10 Å². The zero-order valence-electron chi connectivity index (χ0n) is 14.2. The molecule has 156 valence electrons. The van der Waals surface area contributed by atoms with Gasteiger partial charge in [-0.15, -0.1) is 0 Å². The van der Waals surface area contributed by atoms with Gasteiger partial charge in [0.05, 0.1) is 5.56 Å². The molecule has 1 unspecified atom stereocenters. The van der Waals surface area contributed by atoms with Gasteiger partial charge in [-0.3, -0.25) is 4.55 Å². The van der Waals surface area contributed by atoms with Crippen molar-refractivity contribution >= 4 is 44.6 Å². The van der Waals surface area contributed by atoms with Crippen LogP contribution in [0.4, 0.5) is 13.2 Å². The van der Waals surface area contributed by atoms with Crippen molar-refractivity contribution in [2.75, 3.05) is 5.75 Å². The van der Waals surface area contributed by atoms with E-state index in [4.69, 9.17) is 9.29 Å². The van der Waals surface area contributed by atoms with Crippen molar-refractivity contribution in [2.45, 2.75) is 12.3 Å². The Hall–Kier alpha value is -2.19. The van der Waals surface area contributed by atoms with E-state index in [1.54, 1.807) is 18.2 Å². The summed E-state index contributed by atoms with van der Waals surface area (Å²) < 4.78 is 79.1. The molecule has 0 saturated heterocycles. The van der Waals surface area contributed by atoms with Gasteiger partial charge in [-0.1, -0.05) is 18.2 Å². The Labute approximate surface area is 176 Å². The minimum Gasteiger partial charge on any atom is -0.448 e. The van der Waals surface area contributed by atoms with Gasteiger partial charge in [-0.25, -0.2) is 9.59 Å². The number of esters is 2. The lowest BCUT2D eigenvalue weighted by Gasteiger charge is -2.20. The smallest absolute Gasteiger partial charge is 0.426 e. The fourth-order valence-electron chi connectivity index (χ4n) is 2.06. The molecule has 0 radical (unpaired) electrons. The first-order chi connectivity index (χ1) is 13.4. The molecule has 0 saturated carbocycles. The normalized spacial score (nSPS) is 12.9. The van der Waals surface area contributed by atoms with E-state index in [0.29, 0.717) is 3.57 Å².